The smallest absolute Gasteiger partial charge is 0.173 e. The van der Waals surface area contributed by atoms with Gasteiger partial charge in [-0.15, -0.1) is 0 Å². The summed E-state index contributed by atoms with van der Waals surface area (Å²) in [5, 5.41) is 0. The van der Waals surface area contributed by atoms with Crippen molar-refractivity contribution in [2.75, 3.05) is 28.4 Å². The van der Waals surface area contributed by atoms with Gasteiger partial charge in [-0.2, -0.15) is 0 Å². The van der Waals surface area contributed by atoms with Crippen molar-refractivity contribution in [3.63, 3.8) is 0 Å². The van der Waals surface area contributed by atoms with Crippen LogP contribution < -0.4 is 18.9 Å². The molecular weight excluding hydrogens is 348 g/mol. The first-order valence-corrected chi connectivity index (χ1v) is 8.53. The number of ether oxygens (including phenoxy) is 4. The number of carbonyl (C=O) groups excluding carboxylic acids is 2. The van der Waals surface area contributed by atoms with Gasteiger partial charge in [0.05, 0.1) is 34.4 Å². The Hall–Kier alpha value is -3.02. The van der Waals surface area contributed by atoms with E-state index < -0.39 is 5.92 Å². The maximum Gasteiger partial charge on any atom is 0.173 e. The first kappa shape index (κ1) is 20.3. The molecule has 0 fully saturated rings. The Morgan fingerprint density at radius 3 is 1.37 bits per heavy atom. The fraction of sp³-hybridized carbons (Fsp3) is 0.333. The molecule has 0 atom stereocenters. The molecular formula is C21H24O6. The van der Waals surface area contributed by atoms with Crippen LogP contribution in [0.25, 0.3) is 0 Å². The highest BCUT2D eigenvalue weighted by atomic mass is 16.5. The highest BCUT2D eigenvalue weighted by Gasteiger charge is 2.28. The monoisotopic (exact) mass is 372 g/mol. The van der Waals surface area contributed by atoms with Gasteiger partial charge in [0.2, 0.25) is 0 Å². The third kappa shape index (κ3) is 4.22. The van der Waals surface area contributed by atoms with Crippen molar-refractivity contribution in [1.29, 1.82) is 0 Å². The van der Waals surface area contributed by atoms with Crippen LogP contribution in [-0.2, 0) is 0 Å². The molecule has 0 heterocycles. The molecule has 0 aromatic heterocycles. The second-order valence-electron chi connectivity index (χ2n) is 5.83. The lowest BCUT2D eigenvalue weighted by Gasteiger charge is -2.16. The van der Waals surface area contributed by atoms with Gasteiger partial charge in [0.25, 0.3) is 0 Å². The zero-order valence-electron chi connectivity index (χ0n) is 16.2. The summed E-state index contributed by atoms with van der Waals surface area (Å²) in [4.78, 5) is 25.9. The fourth-order valence-electron chi connectivity index (χ4n) is 2.87. The van der Waals surface area contributed by atoms with Crippen LogP contribution in [0.3, 0.4) is 0 Å². The molecule has 0 aliphatic rings. The third-order valence-corrected chi connectivity index (χ3v) is 4.38. The van der Waals surface area contributed by atoms with Gasteiger partial charge in [-0.25, -0.2) is 0 Å². The van der Waals surface area contributed by atoms with Crippen LogP contribution in [-0.4, -0.2) is 40.0 Å². The van der Waals surface area contributed by atoms with E-state index in [1.54, 1.807) is 36.4 Å². The van der Waals surface area contributed by atoms with Crippen LogP contribution in [0.2, 0.25) is 0 Å². The lowest BCUT2D eigenvalue weighted by atomic mass is 9.88. The molecule has 0 bridgehead atoms. The first-order chi connectivity index (χ1) is 13.0. The second kappa shape index (κ2) is 9.07. The summed E-state index contributed by atoms with van der Waals surface area (Å²) >= 11 is 0. The summed E-state index contributed by atoms with van der Waals surface area (Å²) in [6.45, 7) is 1.81. The number of benzene rings is 2. The van der Waals surface area contributed by atoms with E-state index in [2.05, 4.69) is 0 Å². The minimum Gasteiger partial charge on any atom is -0.493 e. The molecule has 0 saturated heterocycles. The van der Waals surface area contributed by atoms with Crippen LogP contribution in [0.5, 0.6) is 23.0 Å². The van der Waals surface area contributed by atoms with Gasteiger partial charge >= 0.3 is 0 Å². The third-order valence-electron chi connectivity index (χ3n) is 4.38. The number of methoxy groups -OCH3 is 4. The number of carbonyl (C=O) groups is 2. The number of Topliss-reactive ketones (excluding diaryl/α,β-unsaturated/α-hetero) is 2. The summed E-state index contributed by atoms with van der Waals surface area (Å²) in [5.41, 5.74) is 0.793. The Labute approximate surface area is 159 Å². The van der Waals surface area contributed by atoms with E-state index in [-0.39, 0.29) is 11.6 Å². The maximum atomic E-state index is 13.0. The van der Waals surface area contributed by atoms with Gasteiger partial charge < -0.3 is 18.9 Å². The van der Waals surface area contributed by atoms with E-state index >= 15 is 0 Å². The summed E-state index contributed by atoms with van der Waals surface area (Å²) in [6.07, 6.45) is 0.375. The topological polar surface area (TPSA) is 71.1 Å². The normalized spacial score (nSPS) is 10.4. The zero-order valence-corrected chi connectivity index (χ0v) is 16.2. The molecule has 0 amide bonds. The van der Waals surface area contributed by atoms with Crippen molar-refractivity contribution in [3.8, 4) is 23.0 Å². The maximum absolute atomic E-state index is 13.0. The largest absolute Gasteiger partial charge is 0.493 e. The number of rotatable bonds is 9. The highest BCUT2D eigenvalue weighted by Crippen LogP contribution is 2.31. The lowest BCUT2D eigenvalue weighted by Crippen LogP contribution is -2.24. The Balaban J connectivity index is 2.35. The van der Waals surface area contributed by atoms with Crippen LogP contribution in [0.1, 0.15) is 34.1 Å². The Bertz CT molecular complexity index is 760. The fourth-order valence-corrected chi connectivity index (χ4v) is 2.87. The van der Waals surface area contributed by atoms with Gasteiger partial charge in [-0.3, -0.25) is 9.59 Å². The van der Waals surface area contributed by atoms with Crippen molar-refractivity contribution in [2.45, 2.75) is 13.3 Å². The zero-order chi connectivity index (χ0) is 20.0. The molecule has 6 nitrogen and oxygen atoms in total. The summed E-state index contributed by atoms with van der Waals surface area (Å²) in [5.74, 6) is 0.591. The van der Waals surface area contributed by atoms with Crippen molar-refractivity contribution in [2.24, 2.45) is 5.92 Å². The molecule has 0 spiro atoms. The second-order valence-corrected chi connectivity index (χ2v) is 5.83. The molecule has 0 aliphatic carbocycles. The minimum atomic E-state index is -0.804. The number of ketones is 2. The Morgan fingerprint density at radius 1 is 0.704 bits per heavy atom. The highest BCUT2D eigenvalue weighted by molar-refractivity contribution is 6.16. The van der Waals surface area contributed by atoms with Crippen molar-refractivity contribution < 1.29 is 28.5 Å². The van der Waals surface area contributed by atoms with Crippen molar-refractivity contribution >= 4 is 11.6 Å². The van der Waals surface area contributed by atoms with E-state index in [1.807, 2.05) is 6.92 Å². The number of hydrogen-bond acceptors (Lipinski definition) is 6. The van der Waals surface area contributed by atoms with Crippen LogP contribution in [0.4, 0.5) is 0 Å². The van der Waals surface area contributed by atoms with Gasteiger partial charge in [0.15, 0.2) is 34.6 Å². The molecule has 0 N–H and O–H groups in total. The Morgan fingerprint density at radius 2 is 1.07 bits per heavy atom. The molecule has 0 aliphatic heterocycles. The SMILES string of the molecule is CCC(C(=O)c1ccc(OC)c(OC)c1)C(=O)c1ccc(OC)c(OC)c1. The molecule has 0 saturated carbocycles. The molecule has 0 unspecified atom stereocenters. The van der Waals surface area contributed by atoms with Crippen LogP contribution in [0.15, 0.2) is 36.4 Å². The van der Waals surface area contributed by atoms with E-state index in [1.165, 1.54) is 28.4 Å². The van der Waals surface area contributed by atoms with Crippen molar-refractivity contribution in [3.05, 3.63) is 47.5 Å². The van der Waals surface area contributed by atoms with Gasteiger partial charge in [0, 0.05) is 11.1 Å². The van der Waals surface area contributed by atoms with E-state index in [9.17, 15) is 9.59 Å². The van der Waals surface area contributed by atoms with Crippen molar-refractivity contribution in [1.82, 2.24) is 0 Å². The molecule has 0 radical (unpaired) electrons. The predicted octanol–water partition coefficient (Wildman–Crippen LogP) is 3.81. The standard InChI is InChI=1S/C21H24O6/c1-6-15(20(22)13-7-9-16(24-2)18(11-13)26-4)21(23)14-8-10-17(25-3)19(12-14)27-5/h7-12,15H,6H2,1-5H3. The lowest BCUT2D eigenvalue weighted by molar-refractivity contribution is 0.0803. The minimum absolute atomic E-state index is 0.266. The molecule has 2 aromatic carbocycles. The summed E-state index contributed by atoms with van der Waals surface area (Å²) in [6, 6.07) is 9.75. The molecule has 2 rings (SSSR count). The van der Waals surface area contributed by atoms with Gasteiger partial charge in [-0.1, -0.05) is 6.92 Å². The molecule has 27 heavy (non-hydrogen) atoms. The van der Waals surface area contributed by atoms with E-state index in [0.717, 1.165) is 0 Å². The molecule has 2 aromatic rings. The number of hydrogen-bond donors (Lipinski definition) is 0. The summed E-state index contributed by atoms with van der Waals surface area (Å²) in [7, 11) is 6.04. The van der Waals surface area contributed by atoms with E-state index in [4.69, 9.17) is 18.9 Å². The van der Waals surface area contributed by atoms with Crippen LogP contribution >= 0.6 is 0 Å². The van der Waals surface area contributed by atoms with Crippen LogP contribution in [0, 0.1) is 5.92 Å². The van der Waals surface area contributed by atoms with E-state index in [0.29, 0.717) is 40.5 Å². The first-order valence-electron chi connectivity index (χ1n) is 8.53. The Kier molecular flexibility index (Phi) is 6.82. The van der Waals surface area contributed by atoms with Gasteiger partial charge in [0.1, 0.15) is 0 Å². The average molecular weight is 372 g/mol. The quantitative estimate of drug-likeness (QED) is 0.492. The van der Waals surface area contributed by atoms with Gasteiger partial charge in [-0.05, 0) is 42.8 Å². The predicted molar refractivity (Wildman–Crippen MR) is 102 cm³/mol. The average Bonchev–Trinajstić information content (AvgIpc) is 2.72. The molecule has 144 valence electrons. The molecule has 6 heteroatoms. The summed E-state index contributed by atoms with van der Waals surface area (Å²) < 4.78 is 20.9.